The van der Waals surface area contributed by atoms with Gasteiger partial charge >= 0.3 is 0 Å². The third kappa shape index (κ3) is 3.37. The van der Waals surface area contributed by atoms with Gasteiger partial charge in [-0.1, -0.05) is 6.92 Å². The van der Waals surface area contributed by atoms with Crippen molar-refractivity contribution in [2.24, 2.45) is 0 Å². The van der Waals surface area contributed by atoms with Crippen LogP contribution in [0, 0.1) is 0 Å². The van der Waals surface area contributed by atoms with Crippen molar-refractivity contribution >= 4 is 5.69 Å². The largest absolute Gasteiger partial charge is 0.380 e. The number of hydrogen-bond donors (Lipinski definition) is 1. The van der Waals surface area contributed by atoms with E-state index in [2.05, 4.69) is 22.2 Å². The first kappa shape index (κ1) is 15.0. The maximum absolute atomic E-state index is 12.1. The summed E-state index contributed by atoms with van der Waals surface area (Å²) in [4.78, 5) is 14.3. The molecule has 2 rings (SSSR count). The summed E-state index contributed by atoms with van der Waals surface area (Å²) >= 11 is 0. The summed E-state index contributed by atoms with van der Waals surface area (Å²) in [6.45, 7) is 4.44. The third-order valence-corrected chi connectivity index (χ3v) is 3.99. The second kappa shape index (κ2) is 6.85. The molecule has 0 amide bonds. The average Bonchev–Trinajstić information content (AvgIpc) is 2.95. The summed E-state index contributed by atoms with van der Waals surface area (Å²) in [5.41, 5.74) is 0.848. The Hall–Kier alpha value is -1.40. The Bertz CT molecular complexity index is 484. The highest BCUT2D eigenvalue weighted by Crippen LogP contribution is 2.19. The molecule has 1 aliphatic rings. The summed E-state index contributed by atoms with van der Waals surface area (Å²) in [6.07, 6.45) is 4.00. The lowest BCUT2D eigenvalue weighted by Crippen LogP contribution is -2.35. The van der Waals surface area contributed by atoms with E-state index in [1.807, 2.05) is 7.05 Å². The summed E-state index contributed by atoms with van der Waals surface area (Å²) in [7, 11) is 3.63. The Kier molecular flexibility index (Phi) is 5.14. The van der Waals surface area contributed by atoms with E-state index in [0.29, 0.717) is 6.54 Å². The Morgan fingerprint density at radius 2 is 2.40 bits per heavy atom. The SMILES string of the molecule is CCC(Cn1ncc(N2CCC(OC)C2)cc1=O)NC. The van der Waals surface area contributed by atoms with Crippen molar-refractivity contribution in [1.29, 1.82) is 0 Å². The molecule has 2 heterocycles. The van der Waals surface area contributed by atoms with Gasteiger partial charge in [0.05, 0.1) is 24.5 Å². The zero-order valence-electron chi connectivity index (χ0n) is 12.5. The van der Waals surface area contributed by atoms with Crippen LogP contribution in [0.2, 0.25) is 0 Å². The molecule has 0 aromatic carbocycles. The molecule has 0 saturated carbocycles. The van der Waals surface area contributed by atoms with Gasteiger partial charge in [0.15, 0.2) is 0 Å². The number of nitrogens with one attached hydrogen (secondary N) is 1. The summed E-state index contributed by atoms with van der Waals surface area (Å²) in [5, 5.41) is 7.47. The van der Waals surface area contributed by atoms with E-state index in [0.717, 1.165) is 31.6 Å². The highest BCUT2D eigenvalue weighted by molar-refractivity contribution is 5.44. The fraction of sp³-hybridized carbons (Fsp3) is 0.714. The number of ether oxygens (including phenoxy) is 1. The molecule has 6 nitrogen and oxygen atoms in total. The van der Waals surface area contributed by atoms with Crippen molar-refractivity contribution < 1.29 is 4.74 Å². The van der Waals surface area contributed by atoms with Crippen LogP contribution in [-0.4, -0.2) is 49.2 Å². The van der Waals surface area contributed by atoms with Crippen LogP contribution in [0.25, 0.3) is 0 Å². The van der Waals surface area contributed by atoms with Crippen LogP contribution in [-0.2, 0) is 11.3 Å². The fourth-order valence-electron chi connectivity index (χ4n) is 2.52. The molecule has 1 N–H and O–H groups in total. The quantitative estimate of drug-likeness (QED) is 0.820. The van der Waals surface area contributed by atoms with Crippen LogP contribution in [0.1, 0.15) is 19.8 Å². The number of aromatic nitrogens is 2. The lowest BCUT2D eigenvalue weighted by molar-refractivity contribution is 0.121. The molecule has 0 radical (unpaired) electrons. The lowest BCUT2D eigenvalue weighted by Gasteiger charge is -2.19. The molecule has 1 aromatic rings. The van der Waals surface area contributed by atoms with Crippen molar-refractivity contribution in [2.45, 2.75) is 38.5 Å². The maximum Gasteiger partial charge on any atom is 0.268 e. The smallest absolute Gasteiger partial charge is 0.268 e. The van der Waals surface area contributed by atoms with Crippen LogP contribution in [0.5, 0.6) is 0 Å². The standard InChI is InChI=1S/C14H24N4O2/c1-4-11(15-2)9-18-14(19)7-12(8-16-18)17-6-5-13(10-17)20-3/h7-8,11,13,15H,4-6,9-10H2,1-3H3. The van der Waals surface area contributed by atoms with Crippen LogP contribution in [0.15, 0.2) is 17.1 Å². The molecule has 1 aromatic heterocycles. The Labute approximate surface area is 119 Å². The monoisotopic (exact) mass is 280 g/mol. The van der Waals surface area contributed by atoms with Gasteiger partial charge in [-0.2, -0.15) is 5.10 Å². The van der Waals surface area contributed by atoms with E-state index in [-0.39, 0.29) is 17.7 Å². The predicted octanol–water partition coefficient (Wildman–Crippen LogP) is 0.466. The number of anilines is 1. The molecule has 1 saturated heterocycles. The second-order valence-corrected chi connectivity index (χ2v) is 5.22. The van der Waals surface area contributed by atoms with E-state index < -0.39 is 0 Å². The predicted molar refractivity (Wildman–Crippen MR) is 79.3 cm³/mol. The number of rotatable bonds is 6. The molecule has 112 valence electrons. The van der Waals surface area contributed by atoms with Gasteiger partial charge in [-0.25, -0.2) is 4.68 Å². The Morgan fingerprint density at radius 3 is 2.95 bits per heavy atom. The first-order valence-corrected chi connectivity index (χ1v) is 7.20. The van der Waals surface area contributed by atoms with Crippen molar-refractivity contribution in [1.82, 2.24) is 15.1 Å². The average molecular weight is 280 g/mol. The van der Waals surface area contributed by atoms with Gasteiger partial charge in [-0.05, 0) is 19.9 Å². The van der Waals surface area contributed by atoms with Gasteiger partial charge in [0.1, 0.15) is 0 Å². The van der Waals surface area contributed by atoms with Crippen molar-refractivity contribution in [2.75, 3.05) is 32.1 Å². The highest BCUT2D eigenvalue weighted by atomic mass is 16.5. The number of hydrogen-bond acceptors (Lipinski definition) is 5. The van der Waals surface area contributed by atoms with Gasteiger partial charge in [-0.3, -0.25) is 4.79 Å². The molecule has 1 fully saturated rings. The lowest BCUT2D eigenvalue weighted by atomic mass is 10.2. The van der Waals surface area contributed by atoms with E-state index in [4.69, 9.17) is 4.74 Å². The molecule has 6 heteroatoms. The minimum Gasteiger partial charge on any atom is -0.380 e. The van der Waals surface area contributed by atoms with Crippen LogP contribution >= 0.6 is 0 Å². The van der Waals surface area contributed by atoms with Gasteiger partial charge in [0, 0.05) is 32.3 Å². The number of likely N-dealkylation sites (N-methyl/N-ethyl adjacent to an activating group) is 1. The van der Waals surface area contributed by atoms with Gasteiger partial charge in [0.2, 0.25) is 0 Å². The minimum absolute atomic E-state index is 0.0444. The van der Waals surface area contributed by atoms with Crippen LogP contribution in [0.3, 0.4) is 0 Å². The van der Waals surface area contributed by atoms with Crippen LogP contribution in [0.4, 0.5) is 5.69 Å². The molecular formula is C14H24N4O2. The summed E-state index contributed by atoms with van der Waals surface area (Å²) in [6, 6.07) is 1.95. The Balaban J connectivity index is 2.08. The summed E-state index contributed by atoms with van der Waals surface area (Å²) < 4.78 is 6.87. The van der Waals surface area contributed by atoms with Crippen LogP contribution < -0.4 is 15.8 Å². The summed E-state index contributed by atoms with van der Waals surface area (Å²) in [5.74, 6) is 0. The van der Waals surface area contributed by atoms with Crippen molar-refractivity contribution in [3.05, 3.63) is 22.6 Å². The first-order chi connectivity index (χ1) is 9.67. The van der Waals surface area contributed by atoms with Gasteiger partial charge in [0.25, 0.3) is 5.56 Å². The third-order valence-electron chi connectivity index (χ3n) is 3.99. The number of nitrogens with zero attached hydrogens (tertiary/aromatic N) is 3. The minimum atomic E-state index is -0.0444. The second-order valence-electron chi connectivity index (χ2n) is 5.22. The maximum atomic E-state index is 12.1. The topological polar surface area (TPSA) is 59.4 Å². The first-order valence-electron chi connectivity index (χ1n) is 7.20. The van der Waals surface area contributed by atoms with E-state index in [9.17, 15) is 4.79 Å². The molecular weight excluding hydrogens is 256 g/mol. The zero-order chi connectivity index (χ0) is 14.5. The Morgan fingerprint density at radius 1 is 1.60 bits per heavy atom. The molecule has 1 aliphatic heterocycles. The van der Waals surface area contributed by atoms with Crippen molar-refractivity contribution in [3.8, 4) is 0 Å². The van der Waals surface area contributed by atoms with E-state index in [1.165, 1.54) is 4.68 Å². The van der Waals surface area contributed by atoms with E-state index >= 15 is 0 Å². The zero-order valence-corrected chi connectivity index (χ0v) is 12.5. The normalized spacial score (nSPS) is 20.4. The molecule has 2 unspecified atom stereocenters. The van der Waals surface area contributed by atoms with Crippen molar-refractivity contribution in [3.63, 3.8) is 0 Å². The molecule has 0 aliphatic carbocycles. The highest BCUT2D eigenvalue weighted by Gasteiger charge is 2.23. The van der Waals surface area contributed by atoms with Gasteiger partial charge < -0.3 is 15.0 Å². The molecule has 20 heavy (non-hydrogen) atoms. The van der Waals surface area contributed by atoms with E-state index in [1.54, 1.807) is 19.4 Å². The van der Waals surface area contributed by atoms with Gasteiger partial charge in [-0.15, -0.1) is 0 Å². The fourth-order valence-corrected chi connectivity index (χ4v) is 2.52. The molecule has 0 spiro atoms. The molecule has 2 atom stereocenters. The molecule has 0 bridgehead atoms. The number of methoxy groups -OCH3 is 1.